The molecule has 2 aliphatic heterocycles. The molecule has 0 aromatic heterocycles. The lowest BCUT2D eigenvalue weighted by Crippen LogP contribution is -2.58. The number of rotatable bonds is 3. The number of hydrogen-bond donors (Lipinski definition) is 1. The summed E-state index contributed by atoms with van der Waals surface area (Å²) in [6, 6.07) is 10.2. The van der Waals surface area contributed by atoms with Crippen LogP contribution >= 0.6 is 0 Å². The predicted molar refractivity (Wildman–Crippen MR) is 72.5 cm³/mol. The first kappa shape index (κ1) is 13.1. The molecule has 3 atom stereocenters. The van der Waals surface area contributed by atoms with Crippen LogP contribution in [-0.2, 0) is 16.1 Å². The molecule has 1 N–H and O–H groups in total. The van der Waals surface area contributed by atoms with E-state index in [9.17, 15) is 5.11 Å². The van der Waals surface area contributed by atoms with Gasteiger partial charge in [0.25, 0.3) is 0 Å². The molecule has 0 unspecified atom stereocenters. The third kappa shape index (κ3) is 2.69. The molecule has 0 radical (unpaired) electrons. The second-order valence-corrected chi connectivity index (χ2v) is 6.04. The Labute approximate surface area is 114 Å². The minimum Gasteiger partial charge on any atom is -0.371 e. The first-order chi connectivity index (χ1) is 9.10. The van der Waals surface area contributed by atoms with Crippen molar-refractivity contribution in [2.24, 2.45) is 0 Å². The Morgan fingerprint density at radius 3 is 2.84 bits per heavy atom. The summed E-state index contributed by atoms with van der Waals surface area (Å²) >= 11 is 0. The van der Waals surface area contributed by atoms with Crippen LogP contribution in [0.2, 0.25) is 0 Å². The van der Waals surface area contributed by atoms with Gasteiger partial charge in [-0.1, -0.05) is 30.3 Å². The molecule has 0 spiro atoms. The van der Waals surface area contributed by atoms with Crippen LogP contribution in [0.3, 0.4) is 0 Å². The molecule has 2 heterocycles. The SMILES string of the molecule is C[C@@]12CCC[C@@](O)(CC[C@@H]1OCc1ccccc1)O2. The van der Waals surface area contributed by atoms with Gasteiger partial charge in [0.05, 0.1) is 18.3 Å². The zero-order valence-corrected chi connectivity index (χ0v) is 11.5. The molecular weight excluding hydrogens is 240 g/mol. The molecule has 3 heteroatoms. The lowest BCUT2D eigenvalue weighted by Gasteiger charge is -2.52. The molecule has 0 aliphatic carbocycles. The average molecular weight is 262 g/mol. The average Bonchev–Trinajstić information content (AvgIpc) is 2.38. The highest BCUT2D eigenvalue weighted by Crippen LogP contribution is 2.45. The maximum atomic E-state index is 10.3. The van der Waals surface area contributed by atoms with E-state index in [2.05, 4.69) is 19.1 Å². The van der Waals surface area contributed by atoms with Crippen molar-refractivity contribution < 1.29 is 14.6 Å². The molecule has 0 amide bonds. The fourth-order valence-electron chi connectivity index (χ4n) is 3.35. The van der Waals surface area contributed by atoms with Crippen LogP contribution in [0, 0.1) is 0 Å². The van der Waals surface area contributed by atoms with Gasteiger partial charge in [-0.05, 0) is 31.7 Å². The van der Waals surface area contributed by atoms with E-state index in [1.54, 1.807) is 0 Å². The largest absolute Gasteiger partial charge is 0.371 e. The molecule has 3 rings (SSSR count). The minimum absolute atomic E-state index is 0.0771. The van der Waals surface area contributed by atoms with Crippen molar-refractivity contribution in [3.8, 4) is 0 Å². The summed E-state index contributed by atoms with van der Waals surface area (Å²) in [5, 5.41) is 10.3. The second-order valence-electron chi connectivity index (χ2n) is 6.04. The molecule has 2 fully saturated rings. The predicted octanol–water partition coefficient (Wildman–Crippen LogP) is 3.01. The van der Waals surface area contributed by atoms with Gasteiger partial charge < -0.3 is 14.6 Å². The fourth-order valence-corrected chi connectivity index (χ4v) is 3.35. The topological polar surface area (TPSA) is 38.7 Å². The highest BCUT2D eigenvalue weighted by atomic mass is 16.7. The number of ether oxygens (including phenoxy) is 2. The van der Waals surface area contributed by atoms with Crippen LogP contribution < -0.4 is 0 Å². The van der Waals surface area contributed by atoms with Gasteiger partial charge in [0, 0.05) is 12.8 Å². The minimum atomic E-state index is -0.903. The Kier molecular flexibility index (Phi) is 3.37. The van der Waals surface area contributed by atoms with Crippen molar-refractivity contribution in [2.75, 3.05) is 0 Å². The quantitative estimate of drug-likeness (QED) is 0.910. The first-order valence-electron chi connectivity index (χ1n) is 7.18. The highest BCUT2D eigenvalue weighted by Gasteiger charge is 2.51. The monoisotopic (exact) mass is 262 g/mol. The molecule has 2 aliphatic rings. The molecule has 104 valence electrons. The van der Waals surface area contributed by atoms with Crippen molar-refractivity contribution in [1.82, 2.24) is 0 Å². The van der Waals surface area contributed by atoms with Crippen molar-refractivity contribution in [2.45, 2.75) is 63.1 Å². The van der Waals surface area contributed by atoms with Crippen LogP contribution in [0.15, 0.2) is 30.3 Å². The van der Waals surface area contributed by atoms with Gasteiger partial charge in [-0.25, -0.2) is 0 Å². The van der Waals surface area contributed by atoms with E-state index in [1.807, 2.05) is 18.2 Å². The second kappa shape index (κ2) is 4.89. The Morgan fingerprint density at radius 1 is 1.26 bits per heavy atom. The zero-order valence-electron chi connectivity index (χ0n) is 11.5. The van der Waals surface area contributed by atoms with Gasteiger partial charge in [0.2, 0.25) is 0 Å². The van der Waals surface area contributed by atoms with Gasteiger partial charge >= 0.3 is 0 Å². The maximum absolute atomic E-state index is 10.3. The Bertz CT molecular complexity index is 433. The molecule has 3 nitrogen and oxygen atoms in total. The third-order valence-corrected chi connectivity index (χ3v) is 4.44. The van der Waals surface area contributed by atoms with Crippen LogP contribution in [-0.4, -0.2) is 22.6 Å². The van der Waals surface area contributed by atoms with Crippen LogP contribution in [0.4, 0.5) is 0 Å². The molecule has 2 bridgehead atoms. The molecule has 0 saturated carbocycles. The van der Waals surface area contributed by atoms with Crippen molar-refractivity contribution in [3.05, 3.63) is 35.9 Å². The van der Waals surface area contributed by atoms with Gasteiger partial charge in [-0.15, -0.1) is 0 Å². The molecular formula is C16H22O3. The van der Waals surface area contributed by atoms with Gasteiger partial charge in [0.1, 0.15) is 0 Å². The molecule has 19 heavy (non-hydrogen) atoms. The number of fused-ring (bicyclic) bond motifs is 2. The summed E-state index contributed by atoms with van der Waals surface area (Å²) in [5.74, 6) is -0.903. The Balaban J connectivity index is 1.65. The standard InChI is InChI=1S/C16H22O3/c1-15-9-5-10-16(17,19-15)11-8-14(15)18-12-13-6-3-2-4-7-13/h2-4,6-7,14,17H,5,8-12H2,1H3/t14-,15+,16-/m0/s1. The van der Waals surface area contributed by atoms with Gasteiger partial charge in [0.15, 0.2) is 5.79 Å². The summed E-state index contributed by atoms with van der Waals surface area (Å²) in [4.78, 5) is 0. The van der Waals surface area contributed by atoms with Crippen LogP contribution in [0.25, 0.3) is 0 Å². The molecule has 2 saturated heterocycles. The van der Waals surface area contributed by atoms with Gasteiger partial charge in [-0.2, -0.15) is 0 Å². The van der Waals surface area contributed by atoms with E-state index in [0.717, 1.165) is 25.7 Å². The smallest absolute Gasteiger partial charge is 0.166 e. The Morgan fingerprint density at radius 2 is 2.05 bits per heavy atom. The number of aliphatic hydroxyl groups is 1. The van der Waals surface area contributed by atoms with Crippen molar-refractivity contribution >= 4 is 0 Å². The van der Waals surface area contributed by atoms with E-state index >= 15 is 0 Å². The van der Waals surface area contributed by atoms with E-state index < -0.39 is 5.79 Å². The van der Waals surface area contributed by atoms with Gasteiger partial charge in [-0.3, -0.25) is 0 Å². The summed E-state index contributed by atoms with van der Waals surface area (Å²) < 4.78 is 12.0. The summed E-state index contributed by atoms with van der Waals surface area (Å²) in [6.07, 6.45) is 4.37. The zero-order chi connectivity index (χ0) is 13.3. The first-order valence-corrected chi connectivity index (χ1v) is 7.18. The number of hydrogen-bond acceptors (Lipinski definition) is 3. The fraction of sp³-hybridized carbons (Fsp3) is 0.625. The third-order valence-electron chi connectivity index (χ3n) is 4.44. The van der Waals surface area contributed by atoms with Crippen molar-refractivity contribution in [3.63, 3.8) is 0 Å². The maximum Gasteiger partial charge on any atom is 0.166 e. The summed E-state index contributed by atoms with van der Waals surface area (Å²) in [7, 11) is 0. The van der Waals surface area contributed by atoms with Crippen LogP contribution in [0.5, 0.6) is 0 Å². The summed E-state index contributed by atoms with van der Waals surface area (Å²) in [5.41, 5.74) is 0.850. The lowest BCUT2D eigenvalue weighted by atomic mass is 9.79. The van der Waals surface area contributed by atoms with E-state index in [1.165, 1.54) is 5.56 Å². The van der Waals surface area contributed by atoms with E-state index in [0.29, 0.717) is 13.0 Å². The Hall–Kier alpha value is -0.900. The van der Waals surface area contributed by atoms with Crippen LogP contribution in [0.1, 0.15) is 44.6 Å². The molecule has 1 aromatic rings. The van der Waals surface area contributed by atoms with E-state index in [-0.39, 0.29) is 11.7 Å². The molecule has 1 aromatic carbocycles. The summed E-state index contributed by atoms with van der Waals surface area (Å²) in [6.45, 7) is 2.69. The highest BCUT2D eigenvalue weighted by molar-refractivity contribution is 5.13. The normalized spacial score (nSPS) is 38.1. The van der Waals surface area contributed by atoms with E-state index in [4.69, 9.17) is 9.47 Å². The number of benzene rings is 1. The lowest BCUT2D eigenvalue weighted by molar-refractivity contribution is -0.340. The van der Waals surface area contributed by atoms with Crippen molar-refractivity contribution in [1.29, 1.82) is 0 Å².